The minimum Gasteiger partial charge on any atom is -0.385 e. The summed E-state index contributed by atoms with van der Waals surface area (Å²) in [5.41, 5.74) is 4.04. The molecule has 2 aromatic heterocycles. The van der Waals surface area contributed by atoms with Crippen molar-refractivity contribution in [2.75, 3.05) is 40.1 Å². The number of benzene rings is 1. The van der Waals surface area contributed by atoms with E-state index in [1.807, 2.05) is 51.0 Å². The maximum atomic E-state index is 4.79. The van der Waals surface area contributed by atoms with Crippen molar-refractivity contribution >= 4 is 28.9 Å². The summed E-state index contributed by atoms with van der Waals surface area (Å²) in [5.74, 6) is 1.22. The summed E-state index contributed by atoms with van der Waals surface area (Å²) in [6.45, 7) is 5.22. The number of hydrogen-bond acceptors (Lipinski definition) is 6. The topological polar surface area (TPSA) is 69.5 Å². The van der Waals surface area contributed by atoms with E-state index in [2.05, 4.69) is 51.5 Å². The normalized spacial score (nSPS) is 10.6. The van der Waals surface area contributed by atoms with Crippen molar-refractivity contribution in [2.24, 2.45) is 4.99 Å². The molecule has 1 aromatic carbocycles. The number of nitrogens with one attached hydrogen (secondary N) is 1. The number of aromatic nitrogens is 3. The van der Waals surface area contributed by atoms with E-state index in [1.165, 1.54) is 12.8 Å². The Balaban J connectivity index is 1.85. The molecular formula is C23H31N7S. The number of rotatable bonds is 7. The first kappa shape index (κ1) is 22.7. The van der Waals surface area contributed by atoms with Gasteiger partial charge in [-0.05, 0) is 43.7 Å². The van der Waals surface area contributed by atoms with Gasteiger partial charge in [0.25, 0.3) is 5.95 Å². The maximum Gasteiger partial charge on any atom is 0.253 e. The Morgan fingerprint density at radius 1 is 1.03 bits per heavy atom. The number of unbranched alkanes of at least 4 members (excludes halogenated alkanes) is 1. The second kappa shape index (κ2) is 10.3. The third kappa shape index (κ3) is 5.79. The summed E-state index contributed by atoms with van der Waals surface area (Å²) < 4.78 is 0. The molecule has 164 valence electrons. The molecule has 0 fully saturated rings. The van der Waals surface area contributed by atoms with Gasteiger partial charge in [-0.3, -0.25) is 0 Å². The Hall–Kier alpha value is -3.00. The lowest BCUT2D eigenvalue weighted by atomic mass is 10.2. The van der Waals surface area contributed by atoms with E-state index in [-0.39, 0.29) is 0 Å². The van der Waals surface area contributed by atoms with Crippen LogP contribution in [-0.2, 0) is 0 Å². The van der Waals surface area contributed by atoms with Crippen molar-refractivity contribution < 1.29 is 0 Å². The minimum atomic E-state index is 0.437. The van der Waals surface area contributed by atoms with Crippen molar-refractivity contribution in [2.45, 2.75) is 26.7 Å². The molecule has 0 bridgehead atoms. The van der Waals surface area contributed by atoms with E-state index >= 15 is 0 Å². The number of aliphatic imine (C=N–C) groups is 1. The van der Waals surface area contributed by atoms with Crippen LogP contribution in [-0.4, -0.2) is 65.4 Å². The fourth-order valence-electron chi connectivity index (χ4n) is 3.12. The summed E-state index contributed by atoms with van der Waals surface area (Å²) in [7, 11) is 7.81. The third-order valence-corrected chi connectivity index (χ3v) is 5.89. The van der Waals surface area contributed by atoms with Gasteiger partial charge < -0.3 is 15.1 Å². The van der Waals surface area contributed by atoms with Gasteiger partial charge in [0.05, 0.1) is 16.3 Å². The first-order chi connectivity index (χ1) is 14.9. The van der Waals surface area contributed by atoms with E-state index in [1.54, 1.807) is 17.5 Å². The smallest absolute Gasteiger partial charge is 0.253 e. The highest BCUT2D eigenvalue weighted by Gasteiger charge is 2.14. The zero-order chi connectivity index (χ0) is 22.4. The van der Waals surface area contributed by atoms with Gasteiger partial charge in [0.2, 0.25) is 5.96 Å². The van der Waals surface area contributed by atoms with Crippen LogP contribution in [0.25, 0.3) is 21.1 Å². The predicted molar refractivity (Wildman–Crippen MR) is 131 cm³/mol. The van der Waals surface area contributed by atoms with Crippen LogP contribution in [0, 0.1) is 6.92 Å². The Labute approximate surface area is 188 Å². The first-order valence-electron chi connectivity index (χ1n) is 10.5. The molecule has 0 aliphatic rings. The van der Waals surface area contributed by atoms with E-state index in [9.17, 15) is 0 Å². The number of guanidine groups is 1. The summed E-state index contributed by atoms with van der Waals surface area (Å²) >= 11 is 1.64. The van der Waals surface area contributed by atoms with Crippen LogP contribution in [0.1, 0.15) is 25.5 Å². The van der Waals surface area contributed by atoms with Crippen LogP contribution in [0.4, 0.5) is 11.6 Å². The highest BCUT2D eigenvalue weighted by atomic mass is 32.1. The van der Waals surface area contributed by atoms with E-state index < -0.39 is 0 Å². The van der Waals surface area contributed by atoms with Crippen molar-refractivity contribution in [3.63, 3.8) is 0 Å². The molecule has 7 nitrogen and oxygen atoms in total. The van der Waals surface area contributed by atoms with Crippen LogP contribution < -0.4 is 5.32 Å². The van der Waals surface area contributed by atoms with Gasteiger partial charge in [-0.1, -0.05) is 13.3 Å². The number of aryl methyl sites for hydroxylation is 1. The van der Waals surface area contributed by atoms with Gasteiger partial charge in [-0.25, -0.2) is 15.0 Å². The molecule has 3 aromatic rings. The second-order valence-corrected chi connectivity index (χ2v) is 8.73. The molecule has 0 amide bonds. The van der Waals surface area contributed by atoms with Gasteiger partial charge in [0, 0.05) is 52.2 Å². The molecule has 3 rings (SSSR count). The summed E-state index contributed by atoms with van der Waals surface area (Å²) in [5, 5.41) is 4.44. The van der Waals surface area contributed by atoms with Crippen LogP contribution in [0.2, 0.25) is 0 Å². The van der Waals surface area contributed by atoms with E-state index in [0.717, 1.165) is 45.0 Å². The molecule has 0 spiro atoms. The van der Waals surface area contributed by atoms with Crippen molar-refractivity contribution in [3.8, 4) is 21.1 Å². The number of hydrogen-bond donors (Lipinski definition) is 1. The zero-order valence-corrected chi connectivity index (χ0v) is 20.0. The average molecular weight is 438 g/mol. The molecular weight excluding hydrogens is 406 g/mol. The predicted octanol–water partition coefficient (Wildman–Crippen LogP) is 4.90. The molecule has 0 unspecified atom stereocenters. The molecule has 0 aliphatic carbocycles. The Morgan fingerprint density at radius 2 is 1.74 bits per heavy atom. The van der Waals surface area contributed by atoms with E-state index in [4.69, 9.17) is 4.98 Å². The van der Waals surface area contributed by atoms with E-state index in [0.29, 0.717) is 5.95 Å². The number of anilines is 1. The van der Waals surface area contributed by atoms with Gasteiger partial charge in [-0.15, -0.1) is 11.3 Å². The molecule has 0 saturated heterocycles. The Bertz CT molecular complexity index is 1010. The van der Waals surface area contributed by atoms with Gasteiger partial charge in [0.15, 0.2) is 0 Å². The lowest BCUT2D eigenvalue weighted by Crippen LogP contribution is -2.35. The molecule has 31 heavy (non-hydrogen) atoms. The molecule has 0 aliphatic heterocycles. The SMILES string of the molecule is CCCCNc1ccc(-c2nc(C)c(-c3ccnc(N=C(N(C)C)N(C)C)n3)s2)cc1. The van der Waals surface area contributed by atoms with Crippen LogP contribution >= 0.6 is 11.3 Å². The monoisotopic (exact) mass is 437 g/mol. The van der Waals surface area contributed by atoms with Gasteiger partial charge in [-0.2, -0.15) is 4.99 Å². The largest absolute Gasteiger partial charge is 0.385 e. The molecule has 8 heteroatoms. The summed E-state index contributed by atoms with van der Waals surface area (Å²) in [4.78, 5) is 23.3. The van der Waals surface area contributed by atoms with Crippen molar-refractivity contribution in [3.05, 3.63) is 42.2 Å². The highest BCUT2D eigenvalue weighted by Crippen LogP contribution is 2.35. The first-order valence-corrected chi connectivity index (χ1v) is 11.3. The molecule has 2 heterocycles. The van der Waals surface area contributed by atoms with Crippen LogP contribution in [0.15, 0.2) is 41.5 Å². The van der Waals surface area contributed by atoms with Gasteiger partial charge in [0.1, 0.15) is 5.01 Å². The van der Waals surface area contributed by atoms with Gasteiger partial charge >= 0.3 is 0 Å². The molecule has 0 saturated carbocycles. The van der Waals surface area contributed by atoms with Crippen molar-refractivity contribution in [1.82, 2.24) is 24.8 Å². The standard InChI is InChI=1S/C23H31N7S/c1-7-8-14-24-18-11-9-17(10-12-18)21-26-16(2)20(31-21)19-13-15-25-22(27-19)28-23(29(3)4)30(5)6/h9-13,15,24H,7-8,14H2,1-6H3. The zero-order valence-electron chi connectivity index (χ0n) is 19.2. The quantitative estimate of drug-likeness (QED) is 0.322. The average Bonchev–Trinajstić information content (AvgIpc) is 3.14. The van der Waals surface area contributed by atoms with Crippen LogP contribution in [0.3, 0.4) is 0 Å². The molecule has 1 N–H and O–H groups in total. The number of nitrogens with zero attached hydrogens (tertiary/aromatic N) is 6. The lowest BCUT2D eigenvalue weighted by Gasteiger charge is -2.22. The minimum absolute atomic E-state index is 0.437. The Morgan fingerprint density at radius 3 is 2.39 bits per heavy atom. The Kier molecular flexibility index (Phi) is 7.57. The second-order valence-electron chi connectivity index (χ2n) is 7.73. The molecule has 0 atom stereocenters. The number of thiazole rings is 1. The maximum absolute atomic E-state index is 4.79. The molecule has 0 radical (unpaired) electrons. The summed E-state index contributed by atoms with van der Waals surface area (Å²) in [6, 6.07) is 10.4. The summed E-state index contributed by atoms with van der Waals surface area (Å²) in [6.07, 6.45) is 4.11. The third-order valence-electron chi connectivity index (χ3n) is 4.66. The fraction of sp³-hybridized carbons (Fsp3) is 0.391. The fourth-order valence-corrected chi connectivity index (χ4v) is 4.16. The lowest BCUT2D eigenvalue weighted by molar-refractivity contribution is 0.483. The van der Waals surface area contributed by atoms with Crippen LogP contribution in [0.5, 0.6) is 0 Å². The highest BCUT2D eigenvalue weighted by molar-refractivity contribution is 7.18. The van der Waals surface area contributed by atoms with Crippen molar-refractivity contribution in [1.29, 1.82) is 0 Å².